The van der Waals surface area contributed by atoms with Gasteiger partial charge in [-0.1, -0.05) is 12.1 Å². The van der Waals surface area contributed by atoms with Crippen LogP contribution in [0, 0.1) is 11.7 Å². The second-order valence-corrected chi connectivity index (χ2v) is 6.47. The molecule has 1 aromatic heterocycles. The van der Waals surface area contributed by atoms with Gasteiger partial charge in [-0.15, -0.1) is 11.3 Å². The third-order valence-corrected chi connectivity index (χ3v) is 4.82. The fourth-order valence-electron chi connectivity index (χ4n) is 2.22. The van der Waals surface area contributed by atoms with Crippen molar-refractivity contribution in [1.82, 2.24) is 5.32 Å². The summed E-state index contributed by atoms with van der Waals surface area (Å²) in [6, 6.07) is 10.0. The SMILES string of the molecule is NC(CNC(=O)c1ccc(-c2ccc(F)cc2)s1)C1CC1. The van der Waals surface area contributed by atoms with E-state index in [9.17, 15) is 9.18 Å². The molecule has 5 heteroatoms. The van der Waals surface area contributed by atoms with E-state index in [2.05, 4.69) is 5.32 Å². The highest BCUT2D eigenvalue weighted by Crippen LogP contribution is 2.31. The third kappa shape index (κ3) is 3.49. The van der Waals surface area contributed by atoms with Crippen molar-refractivity contribution in [2.45, 2.75) is 18.9 Å². The zero-order valence-corrected chi connectivity index (χ0v) is 12.3. The van der Waals surface area contributed by atoms with Gasteiger partial charge in [0.2, 0.25) is 0 Å². The minimum absolute atomic E-state index is 0.0606. The molecule has 1 fully saturated rings. The van der Waals surface area contributed by atoms with Crippen LogP contribution in [0.2, 0.25) is 0 Å². The van der Waals surface area contributed by atoms with E-state index in [4.69, 9.17) is 5.73 Å². The molecule has 0 saturated heterocycles. The maximum atomic E-state index is 12.9. The van der Waals surface area contributed by atoms with E-state index in [1.54, 1.807) is 18.2 Å². The summed E-state index contributed by atoms with van der Waals surface area (Å²) in [5.41, 5.74) is 6.88. The molecule has 3 rings (SSSR count). The smallest absolute Gasteiger partial charge is 0.261 e. The average Bonchev–Trinajstić information content (AvgIpc) is 3.23. The van der Waals surface area contributed by atoms with Gasteiger partial charge in [0, 0.05) is 17.5 Å². The third-order valence-electron chi connectivity index (χ3n) is 3.68. The van der Waals surface area contributed by atoms with Crippen LogP contribution in [0.1, 0.15) is 22.5 Å². The van der Waals surface area contributed by atoms with E-state index in [0.29, 0.717) is 17.3 Å². The summed E-state index contributed by atoms with van der Waals surface area (Å²) < 4.78 is 12.9. The van der Waals surface area contributed by atoms with Gasteiger partial charge in [0.1, 0.15) is 5.82 Å². The Morgan fingerprint density at radius 2 is 2.00 bits per heavy atom. The zero-order valence-electron chi connectivity index (χ0n) is 11.5. The van der Waals surface area contributed by atoms with Gasteiger partial charge in [0.15, 0.2) is 0 Å². The van der Waals surface area contributed by atoms with Crippen molar-refractivity contribution in [3.63, 3.8) is 0 Å². The Labute approximate surface area is 127 Å². The van der Waals surface area contributed by atoms with E-state index in [0.717, 1.165) is 10.4 Å². The molecule has 21 heavy (non-hydrogen) atoms. The molecular weight excluding hydrogens is 287 g/mol. The van der Waals surface area contributed by atoms with Gasteiger partial charge in [0.05, 0.1) is 4.88 Å². The number of hydrogen-bond donors (Lipinski definition) is 2. The molecule has 1 aromatic carbocycles. The van der Waals surface area contributed by atoms with Crippen LogP contribution in [0.3, 0.4) is 0 Å². The van der Waals surface area contributed by atoms with Gasteiger partial charge in [-0.05, 0) is 48.6 Å². The highest BCUT2D eigenvalue weighted by molar-refractivity contribution is 7.17. The zero-order chi connectivity index (χ0) is 14.8. The van der Waals surface area contributed by atoms with Crippen molar-refractivity contribution >= 4 is 17.2 Å². The van der Waals surface area contributed by atoms with E-state index < -0.39 is 0 Å². The van der Waals surface area contributed by atoms with Gasteiger partial charge in [0.25, 0.3) is 5.91 Å². The molecule has 0 bridgehead atoms. The summed E-state index contributed by atoms with van der Waals surface area (Å²) in [6.07, 6.45) is 2.34. The second-order valence-electron chi connectivity index (χ2n) is 5.38. The lowest BCUT2D eigenvalue weighted by atomic mass is 10.2. The minimum Gasteiger partial charge on any atom is -0.350 e. The van der Waals surface area contributed by atoms with Crippen molar-refractivity contribution in [2.75, 3.05) is 6.54 Å². The van der Waals surface area contributed by atoms with E-state index in [1.807, 2.05) is 6.07 Å². The number of rotatable bonds is 5. The van der Waals surface area contributed by atoms with E-state index in [1.165, 1.54) is 36.3 Å². The summed E-state index contributed by atoms with van der Waals surface area (Å²) in [5, 5.41) is 2.88. The Morgan fingerprint density at radius 1 is 1.29 bits per heavy atom. The summed E-state index contributed by atoms with van der Waals surface area (Å²) in [4.78, 5) is 13.7. The standard InChI is InChI=1S/C16H17FN2OS/c17-12-5-3-11(4-6-12)14-7-8-15(21-14)16(20)19-9-13(18)10-1-2-10/h3-8,10,13H,1-2,9,18H2,(H,19,20). The predicted octanol–water partition coefficient (Wildman–Crippen LogP) is 3.02. The van der Waals surface area contributed by atoms with Crippen molar-refractivity contribution in [1.29, 1.82) is 0 Å². The van der Waals surface area contributed by atoms with E-state index >= 15 is 0 Å². The molecule has 1 aliphatic carbocycles. The molecule has 1 saturated carbocycles. The lowest BCUT2D eigenvalue weighted by Gasteiger charge is -2.10. The van der Waals surface area contributed by atoms with Crippen LogP contribution >= 0.6 is 11.3 Å². The van der Waals surface area contributed by atoms with Crippen molar-refractivity contribution < 1.29 is 9.18 Å². The average molecular weight is 304 g/mol. The lowest BCUT2D eigenvalue weighted by molar-refractivity contribution is 0.0954. The van der Waals surface area contributed by atoms with Crippen molar-refractivity contribution in [2.24, 2.45) is 11.7 Å². The van der Waals surface area contributed by atoms with Gasteiger partial charge >= 0.3 is 0 Å². The Hall–Kier alpha value is -1.72. The highest BCUT2D eigenvalue weighted by Gasteiger charge is 2.28. The van der Waals surface area contributed by atoms with Crippen LogP contribution in [-0.4, -0.2) is 18.5 Å². The Bertz CT molecular complexity index is 634. The molecule has 3 N–H and O–H groups in total. The lowest BCUT2D eigenvalue weighted by Crippen LogP contribution is -2.38. The molecule has 0 spiro atoms. The molecule has 1 aliphatic rings. The second kappa shape index (κ2) is 5.95. The van der Waals surface area contributed by atoms with Crippen LogP contribution in [0.15, 0.2) is 36.4 Å². The highest BCUT2D eigenvalue weighted by atomic mass is 32.1. The van der Waals surface area contributed by atoms with Crippen LogP contribution in [0.5, 0.6) is 0 Å². The quantitative estimate of drug-likeness (QED) is 0.892. The van der Waals surface area contributed by atoms with Gasteiger partial charge in [-0.2, -0.15) is 0 Å². The van der Waals surface area contributed by atoms with Crippen LogP contribution in [0.25, 0.3) is 10.4 Å². The van der Waals surface area contributed by atoms with Crippen LogP contribution in [0.4, 0.5) is 4.39 Å². The minimum atomic E-state index is -0.262. The molecule has 1 amide bonds. The number of amides is 1. The summed E-state index contributed by atoms with van der Waals surface area (Å²) in [7, 11) is 0. The summed E-state index contributed by atoms with van der Waals surface area (Å²) in [5.74, 6) is 0.218. The van der Waals surface area contributed by atoms with Gasteiger partial charge in [-0.3, -0.25) is 4.79 Å². The maximum Gasteiger partial charge on any atom is 0.261 e. The molecule has 1 heterocycles. The molecule has 1 unspecified atom stereocenters. The molecular formula is C16H17FN2OS. The number of hydrogen-bond acceptors (Lipinski definition) is 3. The molecule has 1 atom stereocenters. The monoisotopic (exact) mass is 304 g/mol. The molecule has 2 aromatic rings. The first-order valence-electron chi connectivity index (χ1n) is 7.03. The number of nitrogens with two attached hydrogens (primary N) is 1. The maximum absolute atomic E-state index is 12.9. The summed E-state index contributed by atoms with van der Waals surface area (Å²) >= 11 is 1.40. The van der Waals surface area contributed by atoms with Crippen molar-refractivity contribution in [3.05, 3.63) is 47.1 Å². The first-order valence-corrected chi connectivity index (χ1v) is 7.84. The topological polar surface area (TPSA) is 55.1 Å². The first-order chi connectivity index (χ1) is 10.1. The number of thiophene rings is 1. The van der Waals surface area contributed by atoms with E-state index in [-0.39, 0.29) is 17.8 Å². The number of benzene rings is 1. The molecule has 110 valence electrons. The predicted molar refractivity (Wildman–Crippen MR) is 82.7 cm³/mol. The Balaban J connectivity index is 1.63. The Morgan fingerprint density at radius 3 is 2.67 bits per heavy atom. The number of halogens is 1. The van der Waals surface area contributed by atoms with Crippen LogP contribution < -0.4 is 11.1 Å². The van der Waals surface area contributed by atoms with Gasteiger partial charge in [-0.25, -0.2) is 4.39 Å². The largest absolute Gasteiger partial charge is 0.350 e. The normalized spacial score (nSPS) is 15.7. The first kappa shape index (κ1) is 14.2. The number of nitrogens with one attached hydrogen (secondary N) is 1. The number of carbonyl (C=O) groups is 1. The number of carbonyl (C=O) groups excluding carboxylic acids is 1. The fraction of sp³-hybridized carbons (Fsp3) is 0.312. The van der Waals surface area contributed by atoms with Crippen molar-refractivity contribution in [3.8, 4) is 10.4 Å². The Kier molecular flexibility index (Phi) is 4.03. The summed E-state index contributed by atoms with van der Waals surface area (Å²) in [6.45, 7) is 0.521. The van der Waals surface area contributed by atoms with Crippen LogP contribution in [-0.2, 0) is 0 Å². The fourth-order valence-corrected chi connectivity index (χ4v) is 3.15. The molecule has 3 nitrogen and oxygen atoms in total. The van der Waals surface area contributed by atoms with Gasteiger partial charge < -0.3 is 11.1 Å². The molecule has 0 aliphatic heterocycles. The molecule has 0 radical (unpaired) electrons.